The lowest BCUT2D eigenvalue weighted by atomic mass is 9.90. The summed E-state index contributed by atoms with van der Waals surface area (Å²) in [4.78, 5) is 5.76. The first kappa shape index (κ1) is 15.7. The minimum atomic E-state index is -4.33. The van der Waals surface area contributed by atoms with Gasteiger partial charge in [-0.05, 0) is 24.6 Å². The summed E-state index contributed by atoms with van der Waals surface area (Å²) in [6.07, 6.45) is -4.77. The molecule has 0 radical (unpaired) electrons. The van der Waals surface area contributed by atoms with E-state index in [1.165, 1.54) is 12.1 Å². The average molecular weight is 317 g/mol. The van der Waals surface area contributed by atoms with Crippen LogP contribution in [0.2, 0.25) is 0 Å². The van der Waals surface area contributed by atoms with Crippen LogP contribution in [0.15, 0.2) is 24.3 Å². The van der Waals surface area contributed by atoms with Crippen LogP contribution in [0.4, 0.5) is 13.2 Å². The van der Waals surface area contributed by atoms with Crippen LogP contribution < -0.4 is 0 Å². The van der Waals surface area contributed by atoms with Crippen LogP contribution in [0.1, 0.15) is 24.1 Å². The van der Waals surface area contributed by atoms with E-state index in [-0.39, 0.29) is 24.4 Å². The fraction of sp³-hybridized carbons (Fsp3) is 0.600. The lowest BCUT2D eigenvalue weighted by molar-refractivity contribution is -0.180. The molecule has 0 bridgehead atoms. The first-order chi connectivity index (χ1) is 10.4. The summed E-state index contributed by atoms with van der Waals surface area (Å²) in [5, 5.41) is 1.68. The van der Waals surface area contributed by atoms with Gasteiger partial charge in [-0.1, -0.05) is 12.1 Å². The Morgan fingerprint density at radius 3 is 2.36 bits per heavy atom. The van der Waals surface area contributed by atoms with Crippen molar-refractivity contribution in [3.8, 4) is 0 Å². The van der Waals surface area contributed by atoms with E-state index in [1.54, 1.807) is 12.1 Å². The van der Waals surface area contributed by atoms with Crippen LogP contribution in [0.5, 0.6) is 0 Å². The summed E-state index contributed by atoms with van der Waals surface area (Å²) in [6, 6.07) is 5.07. The van der Waals surface area contributed by atoms with Crippen LogP contribution in [-0.2, 0) is 20.5 Å². The van der Waals surface area contributed by atoms with Crippen molar-refractivity contribution in [1.82, 2.24) is 5.06 Å². The third-order valence-corrected chi connectivity index (χ3v) is 4.17. The van der Waals surface area contributed by atoms with E-state index < -0.39 is 11.7 Å². The molecule has 2 fully saturated rings. The van der Waals surface area contributed by atoms with Gasteiger partial charge in [-0.2, -0.15) is 18.2 Å². The van der Waals surface area contributed by atoms with Crippen molar-refractivity contribution in [2.24, 2.45) is 5.92 Å². The van der Waals surface area contributed by atoms with Crippen molar-refractivity contribution >= 4 is 0 Å². The van der Waals surface area contributed by atoms with Gasteiger partial charge in [-0.3, -0.25) is 4.84 Å². The largest absolute Gasteiger partial charge is 0.416 e. The van der Waals surface area contributed by atoms with Gasteiger partial charge >= 0.3 is 6.18 Å². The molecule has 2 aliphatic rings. The summed E-state index contributed by atoms with van der Waals surface area (Å²) in [6.45, 7) is 2.67. The summed E-state index contributed by atoms with van der Waals surface area (Å²) >= 11 is 0. The molecular formula is C15H18F3NO3. The third-order valence-electron chi connectivity index (χ3n) is 4.17. The molecule has 2 aliphatic heterocycles. The van der Waals surface area contributed by atoms with E-state index in [9.17, 15) is 13.2 Å². The molecular weight excluding hydrogens is 299 g/mol. The number of benzene rings is 1. The SMILES string of the molecule is CC1OCC2ON(C)C(c3ccc(C(F)(F)F)cc3)C2CO1. The monoisotopic (exact) mass is 317 g/mol. The molecule has 4 atom stereocenters. The molecule has 4 unspecified atom stereocenters. The Morgan fingerprint density at radius 2 is 1.73 bits per heavy atom. The smallest absolute Gasteiger partial charge is 0.353 e. The highest BCUT2D eigenvalue weighted by Gasteiger charge is 2.44. The molecule has 0 spiro atoms. The Kier molecular flexibility index (Phi) is 4.15. The molecule has 122 valence electrons. The molecule has 1 aromatic rings. The topological polar surface area (TPSA) is 30.9 Å². The van der Waals surface area contributed by atoms with E-state index in [0.29, 0.717) is 13.2 Å². The van der Waals surface area contributed by atoms with Crippen molar-refractivity contribution in [3.05, 3.63) is 35.4 Å². The van der Waals surface area contributed by atoms with Crippen LogP contribution in [0.3, 0.4) is 0 Å². The highest BCUT2D eigenvalue weighted by molar-refractivity contribution is 5.28. The quantitative estimate of drug-likeness (QED) is 0.797. The second-order valence-corrected chi connectivity index (χ2v) is 5.65. The van der Waals surface area contributed by atoms with Crippen LogP contribution in [-0.4, -0.2) is 37.7 Å². The number of nitrogens with zero attached hydrogens (tertiary/aromatic N) is 1. The lowest BCUT2D eigenvalue weighted by Gasteiger charge is -2.23. The van der Waals surface area contributed by atoms with Gasteiger partial charge in [-0.25, -0.2) is 0 Å². The van der Waals surface area contributed by atoms with Crippen LogP contribution in [0, 0.1) is 5.92 Å². The average Bonchev–Trinajstić information content (AvgIpc) is 2.67. The van der Waals surface area contributed by atoms with Gasteiger partial charge in [0.25, 0.3) is 0 Å². The molecule has 2 heterocycles. The van der Waals surface area contributed by atoms with Gasteiger partial charge in [0.1, 0.15) is 6.10 Å². The van der Waals surface area contributed by atoms with Gasteiger partial charge in [-0.15, -0.1) is 0 Å². The second-order valence-electron chi connectivity index (χ2n) is 5.65. The Hall–Kier alpha value is -1.15. The molecule has 0 N–H and O–H groups in total. The molecule has 4 nitrogen and oxygen atoms in total. The predicted molar refractivity (Wildman–Crippen MR) is 71.7 cm³/mol. The molecule has 0 aliphatic carbocycles. The van der Waals surface area contributed by atoms with Crippen LogP contribution >= 0.6 is 0 Å². The Bertz CT molecular complexity index is 520. The second kappa shape index (κ2) is 5.81. The third kappa shape index (κ3) is 2.99. The highest BCUT2D eigenvalue weighted by atomic mass is 19.4. The zero-order chi connectivity index (χ0) is 15.9. The molecule has 0 saturated carbocycles. The Morgan fingerprint density at radius 1 is 1.09 bits per heavy atom. The number of ether oxygens (including phenoxy) is 2. The van der Waals surface area contributed by atoms with E-state index in [1.807, 2.05) is 6.92 Å². The molecule has 7 heteroatoms. The lowest BCUT2D eigenvalue weighted by Crippen LogP contribution is -2.26. The number of halogens is 3. The summed E-state index contributed by atoms with van der Waals surface area (Å²) < 4.78 is 49.1. The zero-order valence-electron chi connectivity index (χ0n) is 12.3. The molecule has 1 aromatic carbocycles. The molecule has 2 saturated heterocycles. The Labute approximate surface area is 126 Å². The van der Waals surface area contributed by atoms with Gasteiger partial charge in [0, 0.05) is 13.0 Å². The van der Waals surface area contributed by atoms with E-state index >= 15 is 0 Å². The van der Waals surface area contributed by atoms with Gasteiger partial charge in [0.15, 0.2) is 6.29 Å². The number of hydroxylamine groups is 2. The molecule has 3 rings (SSSR count). The summed E-state index contributed by atoms with van der Waals surface area (Å²) in [5.41, 5.74) is 0.129. The molecule has 0 amide bonds. The summed E-state index contributed by atoms with van der Waals surface area (Å²) in [7, 11) is 1.78. The number of hydrogen-bond acceptors (Lipinski definition) is 4. The fourth-order valence-corrected chi connectivity index (χ4v) is 3.03. The first-order valence-electron chi connectivity index (χ1n) is 7.16. The number of fused-ring (bicyclic) bond motifs is 1. The minimum absolute atomic E-state index is 0.0201. The maximum Gasteiger partial charge on any atom is 0.416 e. The maximum atomic E-state index is 12.7. The minimum Gasteiger partial charge on any atom is -0.353 e. The fourth-order valence-electron chi connectivity index (χ4n) is 3.03. The van der Waals surface area contributed by atoms with Gasteiger partial charge in [0.2, 0.25) is 0 Å². The van der Waals surface area contributed by atoms with Crippen molar-refractivity contribution in [2.75, 3.05) is 20.3 Å². The van der Waals surface area contributed by atoms with Crippen molar-refractivity contribution in [1.29, 1.82) is 0 Å². The standard InChI is InChI=1S/C15H18F3NO3/c1-9-20-7-12-13(8-21-9)22-19(2)14(12)10-3-5-11(6-4-10)15(16,17)18/h3-6,9,12-14H,7-8H2,1-2H3. The van der Waals surface area contributed by atoms with E-state index in [2.05, 4.69) is 0 Å². The number of alkyl halides is 3. The maximum absolute atomic E-state index is 12.7. The van der Waals surface area contributed by atoms with Crippen molar-refractivity contribution < 1.29 is 27.5 Å². The van der Waals surface area contributed by atoms with Crippen molar-refractivity contribution in [2.45, 2.75) is 31.5 Å². The normalized spacial score (nSPS) is 33.5. The highest BCUT2D eigenvalue weighted by Crippen LogP contribution is 2.40. The molecule has 22 heavy (non-hydrogen) atoms. The van der Waals surface area contributed by atoms with Crippen LogP contribution in [0.25, 0.3) is 0 Å². The molecule has 0 aromatic heterocycles. The van der Waals surface area contributed by atoms with Gasteiger partial charge in [0.05, 0.1) is 24.8 Å². The van der Waals surface area contributed by atoms with E-state index in [0.717, 1.165) is 17.7 Å². The van der Waals surface area contributed by atoms with Crippen molar-refractivity contribution in [3.63, 3.8) is 0 Å². The predicted octanol–water partition coefficient (Wildman–Crippen LogP) is 3.00. The summed E-state index contributed by atoms with van der Waals surface area (Å²) in [5.74, 6) is 0.0201. The first-order valence-corrected chi connectivity index (χ1v) is 7.16. The zero-order valence-corrected chi connectivity index (χ0v) is 12.3. The number of hydrogen-bond donors (Lipinski definition) is 0. The number of rotatable bonds is 1. The Balaban J connectivity index is 1.83. The van der Waals surface area contributed by atoms with Gasteiger partial charge < -0.3 is 9.47 Å². The van der Waals surface area contributed by atoms with E-state index in [4.69, 9.17) is 14.3 Å².